The third kappa shape index (κ3) is 1.44. The van der Waals surface area contributed by atoms with E-state index in [9.17, 15) is 4.39 Å². The zero-order chi connectivity index (χ0) is 10.3. The van der Waals surface area contributed by atoms with Crippen LogP contribution >= 0.6 is 11.6 Å². The molecule has 1 unspecified atom stereocenters. The van der Waals surface area contributed by atoms with Crippen LogP contribution in [0.3, 0.4) is 0 Å². The molecule has 1 atom stereocenters. The van der Waals surface area contributed by atoms with Gasteiger partial charge in [-0.25, -0.2) is 4.39 Å². The third-order valence-corrected chi connectivity index (χ3v) is 2.76. The largest absolute Gasteiger partial charge is 0.254 e. The molecule has 0 radical (unpaired) electrons. The number of fused-ring (bicyclic) bond motifs is 1. The second kappa shape index (κ2) is 3.35. The lowest BCUT2D eigenvalue weighted by atomic mass is 9.96. The van der Waals surface area contributed by atoms with Gasteiger partial charge in [-0.15, -0.1) is 0 Å². The number of halogens is 2. The predicted molar refractivity (Wildman–Crippen MR) is 56.0 cm³/mol. The summed E-state index contributed by atoms with van der Waals surface area (Å²) in [5.74, 6) is 0. The maximum atomic E-state index is 13.5. The van der Waals surface area contributed by atoms with E-state index in [1.54, 1.807) is 6.08 Å². The van der Waals surface area contributed by atoms with E-state index in [1.165, 1.54) is 0 Å². The molecule has 3 heteroatoms. The maximum Gasteiger partial charge on any atom is 0.146 e. The van der Waals surface area contributed by atoms with E-state index in [0.29, 0.717) is 17.1 Å². The minimum absolute atomic E-state index is 0.335. The van der Waals surface area contributed by atoms with Gasteiger partial charge < -0.3 is 0 Å². The fourth-order valence-electron chi connectivity index (χ4n) is 1.82. The van der Waals surface area contributed by atoms with Crippen LogP contribution in [0.1, 0.15) is 35.1 Å². The van der Waals surface area contributed by atoms with Crippen LogP contribution in [0, 0.1) is 13.8 Å². The van der Waals surface area contributed by atoms with Gasteiger partial charge in [-0.1, -0.05) is 17.7 Å². The monoisotopic (exact) mass is 211 g/mol. The summed E-state index contributed by atoms with van der Waals surface area (Å²) in [7, 11) is 0. The number of rotatable bonds is 0. The van der Waals surface area contributed by atoms with Gasteiger partial charge in [0.15, 0.2) is 0 Å². The van der Waals surface area contributed by atoms with Gasteiger partial charge in [0, 0.05) is 22.7 Å². The molecule has 0 spiro atoms. The van der Waals surface area contributed by atoms with Crippen molar-refractivity contribution in [1.82, 2.24) is 4.98 Å². The summed E-state index contributed by atoms with van der Waals surface area (Å²) in [6, 6.07) is 1.92. The fourth-order valence-corrected chi connectivity index (χ4v) is 2.16. The summed E-state index contributed by atoms with van der Waals surface area (Å²) in [5, 5.41) is 0.624. The molecule has 14 heavy (non-hydrogen) atoms. The van der Waals surface area contributed by atoms with Gasteiger partial charge in [0.25, 0.3) is 0 Å². The lowest BCUT2D eigenvalue weighted by Crippen LogP contribution is -2.07. The number of alkyl halides is 1. The first kappa shape index (κ1) is 9.66. The average molecular weight is 212 g/mol. The first-order valence-electron chi connectivity index (χ1n) is 4.58. The molecule has 0 aromatic carbocycles. The maximum absolute atomic E-state index is 13.5. The van der Waals surface area contributed by atoms with Crippen LogP contribution in [0.15, 0.2) is 12.1 Å². The molecule has 0 saturated carbocycles. The fraction of sp³-hybridized carbons (Fsp3) is 0.364. The summed E-state index contributed by atoms with van der Waals surface area (Å²) in [4.78, 5) is 4.21. The Labute approximate surface area is 87.6 Å². The molecule has 1 nitrogen and oxygen atoms in total. The molecular weight excluding hydrogens is 201 g/mol. The average Bonchev–Trinajstić information content (AvgIpc) is 2.10. The summed E-state index contributed by atoms with van der Waals surface area (Å²) in [6.07, 6.45) is 1.05. The van der Waals surface area contributed by atoms with Gasteiger partial charge in [0.2, 0.25) is 0 Å². The predicted octanol–water partition coefficient (Wildman–Crippen LogP) is 3.69. The Morgan fingerprint density at radius 1 is 1.50 bits per heavy atom. The van der Waals surface area contributed by atoms with Crippen LogP contribution in [0.25, 0.3) is 5.03 Å². The Bertz CT molecular complexity index is 412. The Balaban J connectivity index is 2.69. The standard InChI is InChI=1S/C11H11ClFN/c1-6-5-7(2)14-11-9(13)4-3-8(12)10(6)11/h3,5,9H,4H2,1-2H3. The first-order valence-corrected chi connectivity index (χ1v) is 4.95. The van der Waals surface area contributed by atoms with Crippen molar-refractivity contribution in [2.45, 2.75) is 26.4 Å². The van der Waals surface area contributed by atoms with Crippen molar-refractivity contribution in [3.63, 3.8) is 0 Å². The number of hydrogen-bond acceptors (Lipinski definition) is 1. The lowest BCUT2D eigenvalue weighted by molar-refractivity contribution is 0.336. The Kier molecular flexibility index (Phi) is 2.31. The molecule has 0 N–H and O–H groups in total. The molecule has 0 saturated heterocycles. The summed E-state index contributed by atoms with van der Waals surface area (Å²) < 4.78 is 13.5. The van der Waals surface area contributed by atoms with Gasteiger partial charge in [-0.2, -0.15) is 0 Å². The van der Waals surface area contributed by atoms with E-state index in [1.807, 2.05) is 19.9 Å². The number of pyridine rings is 1. The van der Waals surface area contributed by atoms with E-state index in [4.69, 9.17) is 11.6 Å². The van der Waals surface area contributed by atoms with Gasteiger partial charge in [0.1, 0.15) is 6.17 Å². The van der Waals surface area contributed by atoms with Crippen molar-refractivity contribution in [3.05, 3.63) is 34.7 Å². The molecule has 2 rings (SSSR count). The molecular formula is C11H11ClFN. The minimum atomic E-state index is -1.01. The highest BCUT2D eigenvalue weighted by molar-refractivity contribution is 6.49. The SMILES string of the molecule is Cc1cc(C)c2c(n1)C(F)CC=C2Cl. The van der Waals surface area contributed by atoms with Crippen molar-refractivity contribution < 1.29 is 4.39 Å². The van der Waals surface area contributed by atoms with Crippen LogP contribution in [0.4, 0.5) is 4.39 Å². The van der Waals surface area contributed by atoms with Gasteiger partial charge >= 0.3 is 0 Å². The van der Waals surface area contributed by atoms with Crippen molar-refractivity contribution in [2.24, 2.45) is 0 Å². The van der Waals surface area contributed by atoms with Crippen molar-refractivity contribution >= 4 is 16.6 Å². The van der Waals surface area contributed by atoms with Crippen LogP contribution in [0.2, 0.25) is 0 Å². The Morgan fingerprint density at radius 3 is 2.93 bits per heavy atom. The van der Waals surface area contributed by atoms with Gasteiger partial charge in [-0.3, -0.25) is 4.98 Å². The number of aromatic nitrogens is 1. The Morgan fingerprint density at radius 2 is 2.21 bits per heavy atom. The summed E-state index contributed by atoms with van der Waals surface area (Å²) >= 11 is 6.02. The minimum Gasteiger partial charge on any atom is -0.254 e. The molecule has 1 aliphatic rings. The van der Waals surface area contributed by atoms with E-state index in [-0.39, 0.29) is 0 Å². The zero-order valence-electron chi connectivity index (χ0n) is 8.14. The molecule has 1 aromatic rings. The highest BCUT2D eigenvalue weighted by atomic mass is 35.5. The van der Waals surface area contributed by atoms with Crippen LogP contribution in [0.5, 0.6) is 0 Å². The van der Waals surface area contributed by atoms with Crippen molar-refractivity contribution in [1.29, 1.82) is 0 Å². The number of hydrogen-bond donors (Lipinski definition) is 0. The summed E-state index contributed by atoms with van der Waals surface area (Å²) in [6.45, 7) is 3.80. The van der Waals surface area contributed by atoms with Crippen LogP contribution < -0.4 is 0 Å². The van der Waals surface area contributed by atoms with E-state index < -0.39 is 6.17 Å². The molecule has 74 valence electrons. The summed E-state index contributed by atoms with van der Waals surface area (Å²) in [5.41, 5.74) is 3.11. The van der Waals surface area contributed by atoms with Crippen molar-refractivity contribution in [3.8, 4) is 0 Å². The number of nitrogens with zero attached hydrogens (tertiary/aromatic N) is 1. The van der Waals surface area contributed by atoms with E-state index in [0.717, 1.165) is 16.8 Å². The van der Waals surface area contributed by atoms with Gasteiger partial charge in [0.05, 0.1) is 5.69 Å². The molecule has 0 amide bonds. The highest BCUT2D eigenvalue weighted by Crippen LogP contribution is 2.37. The number of allylic oxidation sites excluding steroid dienone is 1. The second-order valence-corrected chi connectivity index (χ2v) is 4.00. The number of aryl methyl sites for hydroxylation is 2. The molecule has 0 aliphatic heterocycles. The normalized spacial score (nSPS) is 20.3. The Hall–Kier alpha value is -0.890. The van der Waals surface area contributed by atoms with Crippen LogP contribution in [-0.4, -0.2) is 4.98 Å². The highest BCUT2D eigenvalue weighted by Gasteiger charge is 2.23. The lowest BCUT2D eigenvalue weighted by Gasteiger charge is -2.19. The van der Waals surface area contributed by atoms with E-state index >= 15 is 0 Å². The molecule has 0 fully saturated rings. The molecule has 1 aliphatic carbocycles. The smallest absolute Gasteiger partial charge is 0.146 e. The van der Waals surface area contributed by atoms with E-state index in [2.05, 4.69) is 4.98 Å². The molecule has 0 bridgehead atoms. The molecule has 1 aromatic heterocycles. The molecule has 1 heterocycles. The topological polar surface area (TPSA) is 12.9 Å². The second-order valence-electron chi connectivity index (χ2n) is 3.60. The third-order valence-electron chi connectivity index (χ3n) is 2.41. The first-order chi connectivity index (χ1) is 6.59. The quantitative estimate of drug-likeness (QED) is 0.638. The van der Waals surface area contributed by atoms with Crippen LogP contribution in [-0.2, 0) is 0 Å². The van der Waals surface area contributed by atoms with Gasteiger partial charge in [-0.05, 0) is 25.5 Å². The zero-order valence-corrected chi connectivity index (χ0v) is 8.90. The van der Waals surface area contributed by atoms with Crippen molar-refractivity contribution in [2.75, 3.05) is 0 Å².